The van der Waals surface area contributed by atoms with Crippen molar-refractivity contribution in [2.45, 2.75) is 18.8 Å². The van der Waals surface area contributed by atoms with Crippen molar-refractivity contribution in [2.75, 3.05) is 5.32 Å². The largest absolute Gasteiger partial charge is 0.364 e. The molecular formula is C14H15N5O2. The van der Waals surface area contributed by atoms with Gasteiger partial charge in [0.1, 0.15) is 11.5 Å². The van der Waals surface area contributed by atoms with Crippen molar-refractivity contribution < 1.29 is 9.59 Å². The summed E-state index contributed by atoms with van der Waals surface area (Å²) in [6, 6.07) is 4.73. The number of rotatable bonds is 4. The molecule has 2 aromatic rings. The van der Waals surface area contributed by atoms with E-state index in [1.54, 1.807) is 30.1 Å². The first-order chi connectivity index (χ1) is 10.0. The standard InChI is InChI=1S/C14H15N5O2/c1-19-7-9(12(18-19)8-5-6-8)14(21)17-11-4-2-3-10(16-11)13(15)20/h2-4,7-8H,5-6H2,1H3,(H2,15,20)(H,16,17,21). The van der Waals surface area contributed by atoms with Crippen LogP contribution in [0, 0.1) is 0 Å². The predicted octanol–water partition coefficient (Wildman–Crippen LogP) is 1.04. The van der Waals surface area contributed by atoms with Crippen molar-refractivity contribution in [1.29, 1.82) is 0 Å². The van der Waals surface area contributed by atoms with E-state index in [-0.39, 0.29) is 11.6 Å². The number of nitrogens with one attached hydrogen (secondary N) is 1. The van der Waals surface area contributed by atoms with Crippen molar-refractivity contribution in [3.8, 4) is 0 Å². The molecule has 1 aliphatic rings. The molecule has 0 spiro atoms. The van der Waals surface area contributed by atoms with Gasteiger partial charge in [-0.25, -0.2) is 4.98 Å². The molecule has 0 aromatic carbocycles. The van der Waals surface area contributed by atoms with Crippen molar-refractivity contribution in [3.05, 3.63) is 41.3 Å². The minimum Gasteiger partial charge on any atom is -0.364 e. The number of nitrogens with zero attached hydrogens (tertiary/aromatic N) is 3. The summed E-state index contributed by atoms with van der Waals surface area (Å²) < 4.78 is 1.63. The van der Waals surface area contributed by atoms with Gasteiger partial charge in [-0.15, -0.1) is 0 Å². The van der Waals surface area contributed by atoms with Gasteiger partial charge in [-0.3, -0.25) is 14.3 Å². The molecule has 3 rings (SSSR count). The first-order valence-electron chi connectivity index (χ1n) is 6.66. The summed E-state index contributed by atoms with van der Waals surface area (Å²) in [5.41, 5.74) is 6.65. The summed E-state index contributed by atoms with van der Waals surface area (Å²) >= 11 is 0. The fourth-order valence-corrected chi connectivity index (χ4v) is 2.16. The molecule has 0 bridgehead atoms. The second-order valence-corrected chi connectivity index (χ2v) is 5.10. The average Bonchev–Trinajstić information content (AvgIpc) is 3.21. The van der Waals surface area contributed by atoms with Crippen LogP contribution in [-0.2, 0) is 7.05 Å². The maximum atomic E-state index is 12.3. The number of anilines is 1. The third-order valence-electron chi connectivity index (χ3n) is 3.31. The van der Waals surface area contributed by atoms with Crippen molar-refractivity contribution in [2.24, 2.45) is 12.8 Å². The molecule has 3 N–H and O–H groups in total. The van der Waals surface area contributed by atoms with Crippen LogP contribution < -0.4 is 11.1 Å². The molecule has 0 atom stereocenters. The zero-order valence-corrected chi connectivity index (χ0v) is 11.5. The SMILES string of the molecule is Cn1cc(C(=O)Nc2cccc(C(N)=O)n2)c(C2CC2)n1. The second-order valence-electron chi connectivity index (χ2n) is 5.10. The van der Waals surface area contributed by atoms with E-state index < -0.39 is 5.91 Å². The fourth-order valence-electron chi connectivity index (χ4n) is 2.16. The van der Waals surface area contributed by atoms with E-state index in [0.29, 0.717) is 17.3 Å². The minimum atomic E-state index is -0.633. The molecule has 21 heavy (non-hydrogen) atoms. The number of amides is 2. The predicted molar refractivity (Wildman–Crippen MR) is 75.9 cm³/mol. The third kappa shape index (κ3) is 2.76. The monoisotopic (exact) mass is 285 g/mol. The molecule has 0 aliphatic heterocycles. The van der Waals surface area contributed by atoms with Crippen LogP contribution in [0.25, 0.3) is 0 Å². The fraction of sp³-hybridized carbons (Fsp3) is 0.286. The van der Waals surface area contributed by atoms with Gasteiger partial charge in [0, 0.05) is 19.2 Å². The Hall–Kier alpha value is -2.70. The maximum Gasteiger partial charge on any atom is 0.267 e. The number of aromatic nitrogens is 3. The summed E-state index contributed by atoms with van der Waals surface area (Å²) in [6.07, 6.45) is 3.82. The molecule has 0 radical (unpaired) electrons. The Bertz CT molecular complexity index is 718. The lowest BCUT2D eigenvalue weighted by Gasteiger charge is -2.05. The van der Waals surface area contributed by atoms with Crippen LogP contribution in [0.1, 0.15) is 45.3 Å². The molecular weight excluding hydrogens is 270 g/mol. The molecule has 2 heterocycles. The third-order valence-corrected chi connectivity index (χ3v) is 3.31. The summed E-state index contributed by atoms with van der Waals surface area (Å²) in [6.45, 7) is 0. The summed E-state index contributed by atoms with van der Waals surface area (Å²) in [7, 11) is 1.79. The van der Waals surface area contributed by atoms with E-state index in [0.717, 1.165) is 18.5 Å². The molecule has 1 saturated carbocycles. The molecule has 2 amide bonds. The summed E-state index contributed by atoms with van der Waals surface area (Å²) in [5, 5.41) is 7.02. The van der Waals surface area contributed by atoms with E-state index in [4.69, 9.17) is 5.73 Å². The van der Waals surface area contributed by atoms with Crippen LogP contribution in [0.4, 0.5) is 5.82 Å². The lowest BCUT2D eigenvalue weighted by atomic mass is 10.1. The second kappa shape index (κ2) is 5.01. The molecule has 0 saturated heterocycles. The number of carbonyl (C=O) groups excluding carboxylic acids is 2. The molecule has 1 aliphatic carbocycles. The van der Waals surface area contributed by atoms with Crippen LogP contribution in [0.5, 0.6) is 0 Å². The van der Waals surface area contributed by atoms with Crippen LogP contribution in [-0.4, -0.2) is 26.6 Å². The van der Waals surface area contributed by atoms with E-state index in [1.807, 2.05) is 0 Å². The molecule has 108 valence electrons. The lowest BCUT2D eigenvalue weighted by molar-refractivity contribution is 0.0991. The van der Waals surface area contributed by atoms with Crippen molar-refractivity contribution >= 4 is 17.6 Å². The van der Waals surface area contributed by atoms with Gasteiger partial charge in [-0.1, -0.05) is 6.07 Å². The van der Waals surface area contributed by atoms with E-state index in [2.05, 4.69) is 15.4 Å². The molecule has 1 fully saturated rings. The Kier molecular flexibility index (Phi) is 3.17. The smallest absolute Gasteiger partial charge is 0.267 e. The Labute approximate surface area is 121 Å². The van der Waals surface area contributed by atoms with E-state index in [9.17, 15) is 9.59 Å². The Morgan fingerprint density at radius 3 is 2.81 bits per heavy atom. The summed E-state index contributed by atoms with van der Waals surface area (Å²) in [5.74, 6) is -0.246. The quantitative estimate of drug-likeness (QED) is 0.876. The van der Waals surface area contributed by atoms with Gasteiger partial charge in [0.25, 0.3) is 11.8 Å². The van der Waals surface area contributed by atoms with Crippen LogP contribution in [0.3, 0.4) is 0 Å². The Morgan fingerprint density at radius 2 is 2.14 bits per heavy atom. The van der Waals surface area contributed by atoms with Crippen LogP contribution in [0.15, 0.2) is 24.4 Å². The van der Waals surface area contributed by atoms with E-state index >= 15 is 0 Å². The lowest BCUT2D eigenvalue weighted by Crippen LogP contribution is -2.17. The van der Waals surface area contributed by atoms with Crippen LogP contribution >= 0.6 is 0 Å². The van der Waals surface area contributed by atoms with Gasteiger partial charge < -0.3 is 11.1 Å². The molecule has 0 unspecified atom stereocenters. The van der Waals surface area contributed by atoms with E-state index in [1.165, 1.54) is 6.07 Å². The summed E-state index contributed by atoms with van der Waals surface area (Å²) in [4.78, 5) is 27.4. The van der Waals surface area contributed by atoms with Gasteiger partial charge in [-0.05, 0) is 25.0 Å². The first kappa shape index (κ1) is 13.3. The highest BCUT2D eigenvalue weighted by Crippen LogP contribution is 2.40. The number of primary amides is 1. The topological polar surface area (TPSA) is 103 Å². The number of hydrogen-bond donors (Lipinski definition) is 2. The number of carbonyl (C=O) groups is 2. The zero-order valence-electron chi connectivity index (χ0n) is 11.5. The molecule has 2 aromatic heterocycles. The minimum absolute atomic E-state index is 0.112. The normalized spacial score (nSPS) is 14.0. The van der Waals surface area contributed by atoms with Gasteiger partial charge in [-0.2, -0.15) is 5.10 Å². The highest BCUT2D eigenvalue weighted by Gasteiger charge is 2.31. The number of pyridine rings is 1. The van der Waals surface area contributed by atoms with Gasteiger partial charge in [0.05, 0.1) is 11.3 Å². The van der Waals surface area contributed by atoms with Gasteiger partial charge in [0.2, 0.25) is 0 Å². The number of aryl methyl sites for hydroxylation is 1. The zero-order chi connectivity index (χ0) is 15.0. The van der Waals surface area contributed by atoms with Crippen molar-refractivity contribution in [1.82, 2.24) is 14.8 Å². The first-order valence-corrected chi connectivity index (χ1v) is 6.66. The highest BCUT2D eigenvalue weighted by atomic mass is 16.2. The Balaban J connectivity index is 1.83. The maximum absolute atomic E-state index is 12.3. The highest BCUT2D eigenvalue weighted by molar-refractivity contribution is 6.05. The Morgan fingerprint density at radius 1 is 1.38 bits per heavy atom. The molecule has 7 heteroatoms. The average molecular weight is 285 g/mol. The number of hydrogen-bond acceptors (Lipinski definition) is 4. The van der Waals surface area contributed by atoms with Gasteiger partial charge >= 0.3 is 0 Å². The van der Waals surface area contributed by atoms with Crippen LogP contribution in [0.2, 0.25) is 0 Å². The number of nitrogens with two attached hydrogens (primary N) is 1. The van der Waals surface area contributed by atoms with Crippen molar-refractivity contribution in [3.63, 3.8) is 0 Å². The van der Waals surface area contributed by atoms with Gasteiger partial charge in [0.15, 0.2) is 0 Å². The molecule has 7 nitrogen and oxygen atoms in total.